The molecule has 31 heavy (non-hydrogen) atoms. The standard InChI is InChI=1S/C24H21FN4O2/c1-28-23(30)14-21(19-10-11-26-20-5-3-2-4-18(19)20)27-24(28)29-12-13-31-22(15-29)16-6-8-17(25)9-7-16/h2-11,14,22H,12-13,15H2,1H3/t22-/m1/s1. The van der Waals surface area contributed by atoms with Crippen LogP contribution in [-0.2, 0) is 11.8 Å². The Kier molecular flexibility index (Phi) is 4.95. The first-order chi connectivity index (χ1) is 15.1. The molecule has 2 aromatic heterocycles. The summed E-state index contributed by atoms with van der Waals surface area (Å²) in [5, 5.41) is 0.947. The average molecular weight is 416 g/mol. The monoisotopic (exact) mass is 416 g/mol. The Bertz CT molecular complexity index is 1300. The zero-order valence-corrected chi connectivity index (χ0v) is 17.0. The van der Waals surface area contributed by atoms with Crippen molar-refractivity contribution >= 4 is 16.9 Å². The Balaban J connectivity index is 1.54. The van der Waals surface area contributed by atoms with Crippen molar-refractivity contribution in [3.63, 3.8) is 0 Å². The van der Waals surface area contributed by atoms with Gasteiger partial charge in [0.2, 0.25) is 5.95 Å². The summed E-state index contributed by atoms with van der Waals surface area (Å²) >= 11 is 0. The molecule has 0 saturated carbocycles. The molecule has 1 aliphatic rings. The molecule has 0 amide bonds. The number of anilines is 1. The van der Waals surface area contributed by atoms with E-state index < -0.39 is 0 Å². The minimum atomic E-state index is -0.280. The van der Waals surface area contributed by atoms with Crippen molar-refractivity contribution in [3.05, 3.63) is 88.6 Å². The number of pyridine rings is 1. The lowest BCUT2D eigenvalue weighted by Gasteiger charge is -2.34. The number of aromatic nitrogens is 3. The Labute approximate surface area is 178 Å². The quantitative estimate of drug-likeness (QED) is 0.510. The highest BCUT2D eigenvalue weighted by Crippen LogP contribution is 2.28. The highest BCUT2D eigenvalue weighted by Gasteiger charge is 2.25. The van der Waals surface area contributed by atoms with E-state index in [9.17, 15) is 9.18 Å². The van der Waals surface area contributed by atoms with E-state index in [4.69, 9.17) is 9.72 Å². The van der Waals surface area contributed by atoms with E-state index in [0.717, 1.165) is 22.0 Å². The predicted molar refractivity (Wildman–Crippen MR) is 118 cm³/mol. The molecule has 6 nitrogen and oxygen atoms in total. The van der Waals surface area contributed by atoms with Gasteiger partial charge in [-0.2, -0.15) is 0 Å². The number of fused-ring (bicyclic) bond motifs is 1. The zero-order valence-electron chi connectivity index (χ0n) is 17.0. The molecular weight excluding hydrogens is 395 g/mol. The number of benzene rings is 2. The van der Waals surface area contributed by atoms with E-state index in [1.54, 1.807) is 36.0 Å². The van der Waals surface area contributed by atoms with Crippen LogP contribution in [0.3, 0.4) is 0 Å². The fourth-order valence-corrected chi connectivity index (χ4v) is 3.98. The largest absolute Gasteiger partial charge is 0.370 e. The lowest BCUT2D eigenvalue weighted by molar-refractivity contribution is 0.0389. The molecule has 1 aliphatic heterocycles. The van der Waals surface area contributed by atoms with Gasteiger partial charge in [0, 0.05) is 36.8 Å². The minimum Gasteiger partial charge on any atom is -0.370 e. The lowest BCUT2D eigenvalue weighted by Crippen LogP contribution is -2.41. The molecule has 0 aliphatic carbocycles. The molecule has 5 rings (SSSR count). The van der Waals surface area contributed by atoms with Crippen LogP contribution in [0.25, 0.3) is 22.2 Å². The van der Waals surface area contributed by atoms with E-state index in [2.05, 4.69) is 4.98 Å². The number of hydrogen-bond donors (Lipinski definition) is 0. The van der Waals surface area contributed by atoms with Gasteiger partial charge in [-0.15, -0.1) is 0 Å². The summed E-state index contributed by atoms with van der Waals surface area (Å²) in [7, 11) is 1.72. The van der Waals surface area contributed by atoms with Gasteiger partial charge in [-0.05, 0) is 29.8 Å². The van der Waals surface area contributed by atoms with Gasteiger partial charge in [0.1, 0.15) is 11.9 Å². The highest BCUT2D eigenvalue weighted by atomic mass is 19.1. The van der Waals surface area contributed by atoms with Gasteiger partial charge in [-0.3, -0.25) is 14.3 Å². The molecular formula is C24H21FN4O2. The molecule has 7 heteroatoms. The molecule has 1 fully saturated rings. The minimum absolute atomic E-state index is 0.134. The second-order valence-electron chi connectivity index (χ2n) is 7.57. The first-order valence-electron chi connectivity index (χ1n) is 10.1. The molecule has 0 N–H and O–H groups in total. The third kappa shape index (κ3) is 3.68. The Morgan fingerprint density at radius 1 is 1.10 bits per heavy atom. The van der Waals surface area contributed by atoms with Crippen molar-refractivity contribution in [3.8, 4) is 11.3 Å². The molecule has 2 aromatic carbocycles. The number of morpholine rings is 1. The van der Waals surface area contributed by atoms with Gasteiger partial charge in [0.15, 0.2) is 0 Å². The van der Waals surface area contributed by atoms with Gasteiger partial charge in [0.05, 0.1) is 24.4 Å². The van der Waals surface area contributed by atoms with Gasteiger partial charge in [0.25, 0.3) is 5.56 Å². The average Bonchev–Trinajstić information content (AvgIpc) is 2.81. The predicted octanol–water partition coefficient (Wildman–Crippen LogP) is 3.71. The van der Waals surface area contributed by atoms with Crippen molar-refractivity contribution in [1.82, 2.24) is 14.5 Å². The smallest absolute Gasteiger partial charge is 0.255 e. The maximum absolute atomic E-state index is 13.3. The molecule has 0 unspecified atom stereocenters. The van der Waals surface area contributed by atoms with Gasteiger partial charge < -0.3 is 9.64 Å². The number of halogens is 1. The third-order valence-electron chi connectivity index (χ3n) is 5.63. The molecule has 156 valence electrons. The second kappa shape index (κ2) is 7.92. The van der Waals surface area contributed by atoms with E-state index in [-0.39, 0.29) is 17.5 Å². The Morgan fingerprint density at radius 2 is 1.90 bits per heavy atom. The number of nitrogens with zero attached hydrogens (tertiary/aromatic N) is 4. The van der Waals surface area contributed by atoms with Crippen LogP contribution in [0.2, 0.25) is 0 Å². The van der Waals surface area contributed by atoms with Crippen molar-refractivity contribution < 1.29 is 9.13 Å². The maximum atomic E-state index is 13.3. The maximum Gasteiger partial charge on any atom is 0.255 e. The van der Waals surface area contributed by atoms with Gasteiger partial charge in [-0.25, -0.2) is 9.37 Å². The van der Waals surface area contributed by atoms with Crippen LogP contribution in [-0.4, -0.2) is 34.2 Å². The summed E-state index contributed by atoms with van der Waals surface area (Å²) in [6, 6.07) is 17.6. The van der Waals surface area contributed by atoms with Crippen LogP contribution in [0.4, 0.5) is 10.3 Å². The first kappa shape index (κ1) is 19.4. The molecule has 1 atom stereocenters. The van der Waals surface area contributed by atoms with Crippen LogP contribution in [0, 0.1) is 5.82 Å². The third-order valence-corrected chi connectivity index (χ3v) is 5.63. The number of ether oxygens (including phenoxy) is 1. The fourth-order valence-electron chi connectivity index (χ4n) is 3.98. The summed E-state index contributed by atoms with van der Waals surface area (Å²) in [6.45, 7) is 1.62. The van der Waals surface area contributed by atoms with Gasteiger partial charge in [-0.1, -0.05) is 30.3 Å². The number of para-hydroxylation sites is 1. The highest BCUT2D eigenvalue weighted by molar-refractivity contribution is 5.93. The van der Waals surface area contributed by atoms with Crippen LogP contribution in [0.15, 0.2) is 71.7 Å². The Morgan fingerprint density at radius 3 is 2.74 bits per heavy atom. The van der Waals surface area contributed by atoms with E-state index >= 15 is 0 Å². The summed E-state index contributed by atoms with van der Waals surface area (Å²) < 4.78 is 20.8. The van der Waals surface area contributed by atoms with Crippen LogP contribution in [0.5, 0.6) is 0 Å². The van der Waals surface area contributed by atoms with E-state index in [1.165, 1.54) is 12.1 Å². The number of hydrogen-bond acceptors (Lipinski definition) is 5. The first-order valence-corrected chi connectivity index (χ1v) is 10.1. The van der Waals surface area contributed by atoms with Crippen LogP contribution < -0.4 is 10.5 Å². The van der Waals surface area contributed by atoms with E-state index in [0.29, 0.717) is 31.3 Å². The van der Waals surface area contributed by atoms with Crippen molar-refractivity contribution in [2.45, 2.75) is 6.10 Å². The molecule has 0 spiro atoms. The summed E-state index contributed by atoms with van der Waals surface area (Å²) in [5.74, 6) is 0.302. The summed E-state index contributed by atoms with van der Waals surface area (Å²) in [6.07, 6.45) is 1.51. The molecule has 1 saturated heterocycles. The summed E-state index contributed by atoms with van der Waals surface area (Å²) in [4.78, 5) is 24.1. The van der Waals surface area contributed by atoms with Crippen molar-refractivity contribution in [1.29, 1.82) is 0 Å². The lowest BCUT2D eigenvalue weighted by atomic mass is 10.1. The summed E-state index contributed by atoms with van der Waals surface area (Å²) in [5.41, 5.74) is 3.10. The van der Waals surface area contributed by atoms with Crippen molar-refractivity contribution in [2.75, 3.05) is 24.6 Å². The van der Waals surface area contributed by atoms with Crippen LogP contribution in [0.1, 0.15) is 11.7 Å². The molecule has 4 aromatic rings. The van der Waals surface area contributed by atoms with E-state index in [1.807, 2.05) is 35.2 Å². The van der Waals surface area contributed by atoms with Crippen LogP contribution >= 0.6 is 0 Å². The normalized spacial score (nSPS) is 16.6. The molecule has 3 heterocycles. The zero-order chi connectivity index (χ0) is 21.4. The van der Waals surface area contributed by atoms with Crippen molar-refractivity contribution in [2.24, 2.45) is 7.05 Å². The Hall–Kier alpha value is -3.58. The molecule has 0 bridgehead atoms. The number of rotatable bonds is 3. The topological polar surface area (TPSA) is 60.2 Å². The second-order valence-corrected chi connectivity index (χ2v) is 7.57. The van der Waals surface area contributed by atoms with Gasteiger partial charge >= 0.3 is 0 Å². The fraction of sp³-hybridized carbons (Fsp3) is 0.208. The SMILES string of the molecule is Cn1c(N2CCO[C@@H](c3ccc(F)cc3)C2)nc(-c2ccnc3ccccc23)cc1=O. The molecule has 0 radical (unpaired) electrons.